The molecule has 0 saturated carbocycles. The smallest absolute Gasteiger partial charge is 0.326 e. The molecule has 1 fully saturated rings. The van der Waals surface area contributed by atoms with Gasteiger partial charge in [-0.2, -0.15) is 13.2 Å². The van der Waals surface area contributed by atoms with Crippen LogP contribution in [-0.2, 0) is 21.0 Å². The summed E-state index contributed by atoms with van der Waals surface area (Å²) < 4.78 is 63.9. The molecule has 25 heavy (non-hydrogen) atoms. The summed E-state index contributed by atoms with van der Waals surface area (Å²) in [6.07, 6.45) is -2.82. The lowest BCUT2D eigenvalue weighted by molar-refractivity contribution is -0.138. The number of rotatable bonds is 6. The van der Waals surface area contributed by atoms with Gasteiger partial charge in [-0.1, -0.05) is 15.9 Å². The second-order valence-electron chi connectivity index (χ2n) is 5.77. The fourth-order valence-electron chi connectivity index (χ4n) is 2.55. The molecule has 1 aromatic carbocycles. The Hall–Kier alpha value is -1.13. The summed E-state index contributed by atoms with van der Waals surface area (Å²) in [5.41, 5.74) is -0.871. The maximum atomic E-state index is 12.8. The number of alkyl halides is 3. The lowest BCUT2D eigenvalue weighted by Gasteiger charge is -2.15. The van der Waals surface area contributed by atoms with Gasteiger partial charge in [0.25, 0.3) is 0 Å². The molecule has 1 heterocycles. The number of nitrogens with zero attached hydrogens (tertiary/aromatic N) is 1. The van der Waals surface area contributed by atoms with Crippen LogP contribution >= 0.6 is 15.9 Å². The first-order valence-electron chi connectivity index (χ1n) is 7.74. The summed E-state index contributed by atoms with van der Waals surface area (Å²) in [6, 6.07) is 3.39. The third-order valence-electron chi connectivity index (χ3n) is 3.82. The van der Waals surface area contributed by atoms with Gasteiger partial charge in [0, 0.05) is 29.7 Å². The first-order valence-corrected chi connectivity index (χ1v) is 10.1. The zero-order valence-corrected chi connectivity index (χ0v) is 15.7. The Morgan fingerprint density at radius 3 is 2.48 bits per heavy atom. The van der Waals surface area contributed by atoms with Crippen molar-refractivity contribution in [2.24, 2.45) is 0 Å². The lowest BCUT2D eigenvalue weighted by Crippen LogP contribution is -2.30. The van der Waals surface area contributed by atoms with Crippen molar-refractivity contribution in [1.82, 2.24) is 4.31 Å². The van der Waals surface area contributed by atoms with Crippen molar-refractivity contribution in [2.45, 2.75) is 31.9 Å². The molecule has 5 nitrogen and oxygen atoms in total. The van der Waals surface area contributed by atoms with Crippen LogP contribution in [0.3, 0.4) is 0 Å². The van der Waals surface area contributed by atoms with Crippen molar-refractivity contribution >= 4 is 37.5 Å². The van der Waals surface area contributed by atoms with Gasteiger partial charge in [0.1, 0.15) is 0 Å². The Morgan fingerprint density at radius 1 is 1.24 bits per heavy atom. The summed E-state index contributed by atoms with van der Waals surface area (Å²) in [4.78, 5) is 11.9. The van der Waals surface area contributed by atoms with Crippen molar-refractivity contribution < 1.29 is 26.4 Å². The number of benzene rings is 1. The summed E-state index contributed by atoms with van der Waals surface area (Å²) in [7, 11) is -3.36. The van der Waals surface area contributed by atoms with E-state index in [0.29, 0.717) is 13.1 Å². The van der Waals surface area contributed by atoms with E-state index >= 15 is 0 Å². The SMILES string of the molecule is O=C(CCCS(=O)(=O)N1CCCC1)Nc1ccc(Br)c(C(F)(F)F)c1. The number of hydrogen-bond acceptors (Lipinski definition) is 3. The molecule has 10 heteroatoms. The molecular formula is C15H18BrF3N2O3S. The lowest BCUT2D eigenvalue weighted by atomic mass is 10.2. The molecule has 1 aliphatic heterocycles. The molecule has 1 amide bonds. The summed E-state index contributed by atoms with van der Waals surface area (Å²) >= 11 is 2.82. The van der Waals surface area contributed by atoms with E-state index in [9.17, 15) is 26.4 Å². The molecule has 1 saturated heterocycles. The van der Waals surface area contributed by atoms with Crippen molar-refractivity contribution in [3.8, 4) is 0 Å². The summed E-state index contributed by atoms with van der Waals surface area (Å²) in [5, 5.41) is 2.37. The Balaban J connectivity index is 1.88. The Morgan fingerprint density at radius 2 is 1.88 bits per heavy atom. The number of carbonyl (C=O) groups excluding carboxylic acids is 1. The third kappa shape index (κ3) is 5.68. The third-order valence-corrected chi connectivity index (χ3v) is 6.47. The van der Waals surface area contributed by atoms with E-state index in [0.717, 1.165) is 18.9 Å². The van der Waals surface area contributed by atoms with Crippen molar-refractivity contribution in [3.05, 3.63) is 28.2 Å². The number of nitrogens with one attached hydrogen (secondary N) is 1. The first kappa shape index (κ1) is 20.2. The second kappa shape index (κ2) is 8.05. The summed E-state index contributed by atoms with van der Waals surface area (Å²) in [5.74, 6) is -0.666. The van der Waals surface area contributed by atoms with E-state index in [1.807, 2.05) is 0 Å². The van der Waals surface area contributed by atoms with E-state index in [1.54, 1.807) is 0 Å². The van der Waals surface area contributed by atoms with Crippen LogP contribution in [0.15, 0.2) is 22.7 Å². The van der Waals surface area contributed by atoms with Gasteiger partial charge < -0.3 is 5.32 Å². The van der Waals surface area contributed by atoms with Crippen LogP contribution in [0.2, 0.25) is 0 Å². The van der Waals surface area contributed by atoms with Gasteiger partial charge in [-0.05, 0) is 37.5 Å². The van der Waals surface area contributed by atoms with Crippen LogP contribution in [0.4, 0.5) is 18.9 Å². The molecule has 0 unspecified atom stereocenters. The monoisotopic (exact) mass is 442 g/mol. The normalized spacial score (nSPS) is 16.2. The van der Waals surface area contributed by atoms with E-state index in [-0.39, 0.29) is 28.8 Å². The molecular weight excluding hydrogens is 425 g/mol. The van der Waals surface area contributed by atoms with Gasteiger partial charge in [0.2, 0.25) is 15.9 Å². The minimum absolute atomic E-state index is 0.0166. The van der Waals surface area contributed by atoms with Crippen molar-refractivity contribution in [3.63, 3.8) is 0 Å². The number of halogens is 4. The minimum Gasteiger partial charge on any atom is -0.326 e. The van der Waals surface area contributed by atoms with Crippen LogP contribution in [0.25, 0.3) is 0 Å². The zero-order valence-electron chi connectivity index (χ0n) is 13.3. The average molecular weight is 443 g/mol. The minimum atomic E-state index is -4.54. The fourth-order valence-corrected chi connectivity index (χ4v) is 4.61. The van der Waals surface area contributed by atoms with Gasteiger partial charge in [0.15, 0.2) is 0 Å². The zero-order chi connectivity index (χ0) is 18.7. The molecule has 0 spiro atoms. The second-order valence-corrected chi connectivity index (χ2v) is 8.71. The highest BCUT2D eigenvalue weighted by molar-refractivity contribution is 9.10. The predicted molar refractivity (Wildman–Crippen MR) is 91.6 cm³/mol. The number of amides is 1. The van der Waals surface area contributed by atoms with Crippen LogP contribution in [0, 0.1) is 0 Å². The quantitative estimate of drug-likeness (QED) is 0.731. The molecule has 0 radical (unpaired) electrons. The molecule has 2 rings (SSSR count). The van der Waals surface area contributed by atoms with Crippen LogP contribution in [0.1, 0.15) is 31.2 Å². The standard InChI is InChI=1S/C15H18BrF3N2O3S/c16-13-6-5-11(10-12(13)15(17,18)19)20-14(22)4-3-9-25(23,24)21-7-1-2-8-21/h5-6,10H,1-4,7-9H2,(H,20,22). The molecule has 0 aliphatic carbocycles. The molecule has 0 aromatic heterocycles. The largest absolute Gasteiger partial charge is 0.417 e. The number of sulfonamides is 1. The van der Waals surface area contributed by atoms with Crippen LogP contribution < -0.4 is 5.32 Å². The Bertz CT molecular complexity index is 732. The maximum absolute atomic E-state index is 12.8. The molecule has 140 valence electrons. The molecule has 0 bridgehead atoms. The van der Waals surface area contributed by atoms with E-state index in [4.69, 9.17) is 0 Å². The van der Waals surface area contributed by atoms with Crippen molar-refractivity contribution in [1.29, 1.82) is 0 Å². The first-order chi connectivity index (χ1) is 11.6. The maximum Gasteiger partial charge on any atom is 0.417 e. The molecule has 1 aromatic rings. The highest BCUT2D eigenvalue weighted by Crippen LogP contribution is 2.36. The highest BCUT2D eigenvalue weighted by atomic mass is 79.9. The van der Waals surface area contributed by atoms with E-state index in [1.165, 1.54) is 16.4 Å². The molecule has 1 N–H and O–H groups in total. The number of carbonyl (C=O) groups is 1. The van der Waals surface area contributed by atoms with Gasteiger partial charge in [-0.15, -0.1) is 0 Å². The molecule has 0 atom stereocenters. The van der Waals surface area contributed by atoms with Crippen LogP contribution in [-0.4, -0.2) is 37.5 Å². The Kier molecular flexibility index (Phi) is 6.50. The predicted octanol–water partition coefficient (Wildman–Crippen LogP) is 3.61. The fraction of sp³-hybridized carbons (Fsp3) is 0.533. The van der Waals surface area contributed by atoms with Gasteiger partial charge >= 0.3 is 6.18 Å². The van der Waals surface area contributed by atoms with Gasteiger partial charge in [0.05, 0.1) is 11.3 Å². The highest BCUT2D eigenvalue weighted by Gasteiger charge is 2.33. The molecule has 1 aliphatic rings. The number of anilines is 1. The number of hydrogen-bond donors (Lipinski definition) is 1. The van der Waals surface area contributed by atoms with Gasteiger partial charge in [-0.3, -0.25) is 4.79 Å². The van der Waals surface area contributed by atoms with Gasteiger partial charge in [-0.25, -0.2) is 12.7 Å². The topological polar surface area (TPSA) is 66.5 Å². The average Bonchev–Trinajstić information content (AvgIpc) is 3.03. The summed E-state index contributed by atoms with van der Waals surface area (Å²) in [6.45, 7) is 1.02. The Labute approximate surface area is 152 Å². The van der Waals surface area contributed by atoms with Crippen LogP contribution in [0.5, 0.6) is 0 Å². The van der Waals surface area contributed by atoms with Crippen molar-refractivity contribution in [2.75, 3.05) is 24.2 Å². The van der Waals surface area contributed by atoms with E-state index < -0.39 is 27.7 Å². The van der Waals surface area contributed by atoms with E-state index in [2.05, 4.69) is 21.2 Å².